The number of aromatic nitrogens is 1. The Labute approximate surface area is 206 Å². The second-order valence-electron chi connectivity index (χ2n) is 8.41. The van der Waals surface area contributed by atoms with Gasteiger partial charge in [-0.15, -0.1) is 0 Å². The second kappa shape index (κ2) is 12.4. The van der Waals surface area contributed by atoms with E-state index >= 15 is 0 Å². The Kier molecular flexibility index (Phi) is 8.79. The molecule has 176 valence electrons. The van der Waals surface area contributed by atoms with Crippen molar-refractivity contribution in [1.82, 2.24) is 19.1 Å². The summed E-state index contributed by atoms with van der Waals surface area (Å²) in [6.45, 7) is 5.98. The van der Waals surface area contributed by atoms with Crippen LogP contribution in [0, 0.1) is 0 Å². The molecule has 1 aliphatic rings. The molecule has 6 heteroatoms. The van der Waals surface area contributed by atoms with Crippen LogP contribution in [0.15, 0.2) is 96.0 Å². The lowest BCUT2D eigenvalue weighted by atomic mass is 10.2. The maximum absolute atomic E-state index is 10.3. The number of nitrogens with one attached hydrogen (secondary N) is 1. The standard InChI is InChI=1S/C19H23N3OS.C9H9N/c23-16-20-14-17-6-8-19(9-7-17)24-22-12-10-21(11-13-22)15-18-4-2-1-3-5-18;1-10-7-6-8-4-2-3-5-9(8)10/h1-9,16H,10-15H2,(H,20,23);2-7H,1H3. The fourth-order valence-electron chi connectivity index (χ4n) is 4.02. The van der Waals surface area contributed by atoms with Gasteiger partial charge in [-0.2, -0.15) is 0 Å². The van der Waals surface area contributed by atoms with Gasteiger partial charge in [0.2, 0.25) is 6.41 Å². The van der Waals surface area contributed by atoms with E-state index < -0.39 is 0 Å². The van der Waals surface area contributed by atoms with Gasteiger partial charge in [0.15, 0.2) is 0 Å². The Morgan fingerprint density at radius 2 is 1.53 bits per heavy atom. The van der Waals surface area contributed by atoms with Gasteiger partial charge in [0, 0.05) is 62.9 Å². The van der Waals surface area contributed by atoms with Crippen molar-refractivity contribution in [3.63, 3.8) is 0 Å². The number of rotatable bonds is 7. The number of benzene rings is 3. The molecule has 34 heavy (non-hydrogen) atoms. The number of para-hydroxylation sites is 1. The van der Waals surface area contributed by atoms with Gasteiger partial charge >= 0.3 is 0 Å². The van der Waals surface area contributed by atoms with Crippen LogP contribution in [0.3, 0.4) is 0 Å². The number of hydrogen-bond donors (Lipinski definition) is 1. The molecule has 0 aliphatic carbocycles. The maximum atomic E-state index is 10.3. The van der Waals surface area contributed by atoms with Crippen LogP contribution in [0.4, 0.5) is 0 Å². The molecule has 1 amide bonds. The number of carbonyl (C=O) groups is 1. The monoisotopic (exact) mass is 472 g/mol. The molecule has 5 nitrogen and oxygen atoms in total. The van der Waals surface area contributed by atoms with Crippen molar-refractivity contribution >= 4 is 29.3 Å². The quantitative estimate of drug-likeness (QED) is 0.306. The molecular weight excluding hydrogens is 440 g/mol. The summed E-state index contributed by atoms with van der Waals surface area (Å²) in [7, 11) is 2.06. The largest absolute Gasteiger partial charge is 0.355 e. The van der Waals surface area contributed by atoms with E-state index in [1.807, 2.05) is 11.9 Å². The molecule has 4 aromatic rings. The Hall–Kier alpha value is -3.06. The highest BCUT2D eigenvalue weighted by Gasteiger charge is 2.17. The SMILES string of the molecule is Cn1ccc2ccccc21.O=CNCc1ccc(SN2CCN(Cc3ccccc3)CC2)cc1. The highest BCUT2D eigenvalue weighted by Crippen LogP contribution is 2.24. The Bertz CT molecular complexity index is 1150. The van der Waals surface area contributed by atoms with Crippen molar-refractivity contribution in [2.45, 2.75) is 18.0 Å². The van der Waals surface area contributed by atoms with Crippen LogP contribution < -0.4 is 5.32 Å². The number of carbonyl (C=O) groups excluding carboxylic acids is 1. The van der Waals surface area contributed by atoms with E-state index in [0.717, 1.165) is 44.7 Å². The summed E-state index contributed by atoms with van der Waals surface area (Å²) >= 11 is 1.82. The lowest BCUT2D eigenvalue weighted by molar-refractivity contribution is -0.109. The van der Waals surface area contributed by atoms with Crippen LogP contribution in [0.2, 0.25) is 0 Å². The number of piperazine rings is 1. The van der Waals surface area contributed by atoms with Crippen molar-refractivity contribution < 1.29 is 4.79 Å². The number of nitrogens with zero attached hydrogens (tertiary/aromatic N) is 3. The molecular formula is C28H32N4OS. The van der Waals surface area contributed by atoms with E-state index in [9.17, 15) is 4.79 Å². The predicted octanol–water partition coefficient (Wildman–Crippen LogP) is 4.94. The molecule has 5 rings (SSSR count). The normalized spacial score (nSPS) is 14.4. The minimum Gasteiger partial charge on any atom is -0.355 e. The molecule has 1 aliphatic heterocycles. The van der Waals surface area contributed by atoms with Crippen LogP contribution in [-0.2, 0) is 24.9 Å². The van der Waals surface area contributed by atoms with E-state index in [2.05, 4.69) is 117 Å². The van der Waals surface area contributed by atoms with Crippen LogP contribution in [0.1, 0.15) is 11.1 Å². The number of aryl methyl sites for hydroxylation is 1. The van der Waals surface area contributed by atoms with Gasteiger partial charge in [0.1, 0.15) is 0 Å². The third-order valence-corrected chi connectivity index (χ3v) is 7.03. The molecule has 1 N–H and O–H groups in total. The van der Waals surface area contributed by atoms with Crippen LogP contribution in [0.5, 0.6) is 0 Å². The average Bonchev–Trinajstić information content (AvgIpc) is 3.27. The average molecular weight is 473 g/mol. The third kappa shape index (κ3) is 6.97. The molecule has 0 radical (unpaired) electrons. The zero-order valence-electron chi connectivity index (χ0n) is 19.6. The van der Waals surface area contributed by atoms with Gasteiger partial charge in [0.25, 0.3) is 0 Å². The predicted molar refractivity (Wildman–Crippen MR) is 141 cm³/mol. The van der Waals surface area contributed by atoms with Gasteiger partial charge in [-0.3, -0.25) is 9.69 Å². The van der Waals surface area contributed by atoms with Crippen molar-refractivity contribution in [2.75, 3.05) is 26.2 Å². The highest BCUT2D eigenvalue weighted by atomic mass is 32.2. The highest BCUT2D eigenvalue weighted by molar-refractivity contribution is 7.97. The number of hydrogen-bond acceptors (Lipinski definition) is 4. The van der Waals surface area contributed by atoms with Gasteiger partial charge in [-0.05, 0) is 52.7 Å². The summed E-state index contributed by atoms with van der Waals surface area (Å²) < 4.78 is 4.55. The summed E-state index contributed by atoms with van der Waals surface area (Å²) in [4.78, 5) is 14.1. The molecule has 0 unspecified atom stereocenters. The Morgan fingerprint density at radius 1 is 0.824 bits per heavy atom. The van der Waals surface area contributed by atoms with Gasteiger partial charge in [-0.1, -0.05) is 60.7 Å². The molecule has 0 atom stereocenters. The van der Waals surface area contributed by atoms with Gasteiger partial charge < -0.3 is 9.88 Å². The molecule has 0 bridgehead atoms. The molecule has 0 spiro atoms. The molecule has 2 heterocycles. The first-order valence-electron chi connectivity index (χ1n) is 11.7. The van der Waals surface area contributed by atoms with E-state index in [0.29, 0.717) is 6.54 Å². The maximum Gasteiger partial charge on any atom is 0.207 e. The summed E-state index contributed by atoms with van der Waals surface area (Å²) in [5.41, 5.74) is 3.81. The zero-order valence-corrected chi connectivity index (χ0v) is 20.5. The fraction of sp³-hybridized carbons (Fsp3) is 0.250. The van der Waals surface area contributed by atoms with Crippen molar-refractivity contribution in [1.29, 1.82) is 0 Å². The topological polar surface area (TPSA) is 40.5 Å². The van der Waals surface area contributed by atoms with Crippen LogP contribution in [0.25, 0.3) is 10.9 Å². The van der Waals surface area contributed by atoms with Gasteiger partial charge in [-0.25, -0.2) is 4.31 Å². The summed E-state index contributed by atoms with van der Waals surface area (Å²) in [6, 6.07) is 29.6. The minimum atomic E-state index is 0.590. The van der Waals surface area contributed by atoms with Crippen molar-refractivity contribution in [3.05, 3.63) is 102 Å². The van der Waals surface area contributed by atoms with E-state index in [1.54, 1.807) is 0 Å². The van der Waals surface area contributed by atoms with E-state index in [4.69, 9.17) is 0 Å². The number of fused-ring (bicyclic) bond motifs is 1. The Balaban J connectivity index is 0.000000226. The molecule has 1 saturated heterocycles. The lowest BCUT2D eigenvalue weighted by Gasteiger charge is -2.33. The van der Waals surface area contributed by atoms with Crippen LogP contribution in [-0.4, -0.2) is 46.4 Å². The summed E-state index contributed by atoms with van der Waals surface area (Å²) in [5, 5.41) is 4.00. The Morgan fingerprint density at radius 3 is 2.24 bits per heavy atom. The van der Waals surface area contributed by atoms with Gasteiger partial charge in [0.05, 0.1) is 0 Å². The summed E-state index contributed by atoms with van der Waals surface area (Å²) in [5.74, 6) is 0. The van der Waals surface area contributed by atoms with E-state index in [-0.39, 0.29) is 0 Å². The third-order valence-electron chi connectivity index (χ3n) is 5.92. The van der Waals surface area contributed by atoms with E-state index in [1.165, 1.54) is 21.4 Å². The van der Waals surface area contributed by atoms with Crippen LogP contribution >= 0.6 is 11.9 Å². The first-order valence-corrected chi connectivity index (χ1v) is 12.4. The fourth-order valence-corrected chi connectivity index (χ4v) is 4.92. The number of amides is 1. The molecule has 3 aromatic carbocycles. The smallest absolute Gasteiger partial charge is 0.207 e. The second-order valence-corrected chi connectivity index (χ2v) is 9.58. The first kappa shape index (κ1) is 24.1. The van der Waals surface area contributed by atoms with Crippen molar-refractivity contribution in [2.24, 2.45) is 7.05 Å². The molecule has 0 saturated carbocycles. The molecule has 1 fully saturated rings. The minimum absolute atomic E-state index is 0.590. The summed E-state index contributed by atoms with van der Waals surface area (Å²) in [6.07, 6.45) is 2.81. The van der Waals surface area contributed by atoms with Crippen molar-refractivity contribution in [3.8, 4) is 0 Å². The molecule has 1 aromatic heterocycles. The zero-order chi connectivity index (χ0) is 23.6. The first-order chi connectivity index (χ1) is 16.7. The lowest BCUT2D eigenvalue weighted by Crippen LogP contribution is -2.42.